The Hall–Kier alpha value is -2.03. The van der Waals surface area contributed by atoms with Crippen LogP contribution >= 0.6 is 0 Å². The van der Waals surface area contributed by atoms with Crippen molar-refractivity contribution in [2.24, 2.45) is 0 Å². The van der Waals surface area contributed by atoms with Gasteiger partial charge < -0.3 is 10.1 Å². The van der Waals surface area contributed by atoms with Crippen LogP contribution in [0, 0.1) is 0 Å². The third-order valence-corrected chi connectivity index (χ3v) is 3.77. The topological polar surface area (TPSA) is 38.3 Å². The molecule has 0 spiro atoms. The van der Waals surface area contributed by atoms with Crippen LogP contribution < -0.4 is 10.1 Å². The van der Waals surface area contributed by atoms with Crippen molar-refractivity contribution in [2.75, 3.05) is 0 Å². The second-order valence-corrected chi connectivity index (χ2v) is 5.63. The van der Waals surface area contributed by atoms with Crippen molar-refractivity contribution in [3.8, 4) is 5.75 Å². The minimum Gasteiger partial charge on any atom is -0.490 e. The summed E-state index contributed by atoms with van der Waals surface area (Å²) in [6.45, 7) is 2.43. The highest BCUT2D eigenvalue weighted by Gasteiger charge is 2.14. The Morgan fingerprint density at radius 2 is 2.09 bits per heavy atom. The maximum Gasteiger partial charge on any atom is 0.244 e. The number of ether oxygens (including phenoxy) is 1. The normalized spacial score (nSPS) is 16.2. The number of hydrogen-bond acceptors (Lipinski definition) is 2. The van der Waals surface area contributed by atoms with E-state index in [1.165, 1.54) is 25.3 Å². The van der Waals surface area contributed by atoms with Crippen LogP contribution in [0.2, 0.25) is 0 Å². The Balaban J connectivity index is 1.84. The maximum absolute atomic E-state index is 11.6. The van der Waals surface area contributed by atoms with Crippen molar-refractivity contribution >= 4 is 5.91 Å². The maximum atomic E-state index is 11.6. The summed E-state index contributed by atoms with van der Waals surface area (Å²) in [5.41, 5.74) is 1.06. The molecule has 0 unspecified atom stereocenters. The number of rotatable bonds is 6. The molecule has 1 aromatic carbocycles. The van der Waals surface area contributed by atoms with Crippen molar-refractivity contribution in [1.29, 1.82) is 0 Å². The molecule has 0 heterocycles. The zero-order valence-electron chi connectivity index (χ0n) is 13.3. The average Bonchev–Trinajstić information content (AvgIpc) is 2.55. The van der Waals surface area contributed by atoms with Crippen molar-refractivity contribution in [1.82, 2.24) is 5.32 Å². The van der Waals surface area contributed by atoms with Gasteiger partial charge in [-0.3, -0.25) is 4.79 Å². The smallest absolute Gasteiger partial charge is 0.244 e. The van der Waals surface area contributed by atoms with Gasteiger partial charge in [-0.2, -0.15) is 0 Å². The molecule has 3 heteroatoms. The Kier molecular flexibility index (Phi) is 6.75. The molecule has 118 valence electrons. The molecule has 1 saturated carbocycles. The molecule has 3 nitrogen and oxygen atoms in total. The summed E-state index contributed by atoms with van der Waals surface area (Å²) in [5.74, 6) is 0.819. The number of amides is 1. The van der Waals surface area contributed by atoms with Gasteiger partial charge in [-0.15, -0.1) is 0 Å². The highest BCUT2D eigenvalue weighted by molar-refractivity contribution is 5.87. The molecule has 0 saturated heterocycles. The summed E-state index contributed by atoms with van der Waals surface area (Å²) in [6.07, 6.45) is 13.5. The predicted molar refractivity (Wildman–Crippen MR) is 89.7 cm³/mol. The monoisotopic (exact) mass is 299 g/mol. The van der Waals surface area contributed by atoms with Gasteiger partial charge in [-0.25, -0.2) is 0 Å². The third kappa shape index (κ3) is 5.76. The van der Waals surface area contributed by atoms with Crippen molar-refractivity contribution in [3.05, 3.63) is 54.1 Å². The quantitative estimate of drug-likeness (QED) is 0.633. The molecule has 0 aliphatic heterocycles. The SMILES string of the molecule is CC=CC=CC(=O)NCc1cccc(OC2CCCCC2)c1. The van der Waals surface area contributed by atoms with E-state index in [0.717, 1.165) is 24.2 Å². The molecule has 1 aliphatic carbocycles. The van der Waals surface area contributed by atoms with Gasteiger partial charge in [0.2, 0.25) is 5.91 Å². The van der Waals surface area contributed by atoms with Gasteiger partial charge in [0, 0.05) is 12.6 Å². The van der Waals surface area contributed by atoms with Crippen LogP contribution in [-0.4, -0.2) is 12.0 Å². The first-order valence-electron chi connectivity index (χ1n) is 8.10. The van der Waals surface area contributed by atoms with E-state index in [1.54, 1.807) is 6.08 Å². The second kappa shape index (κ2) is 9.08. The fourth-order valence-electron chi connectivity index (χ4n) is 2.61. The number of benzene rings is 1. The van der Waals surface area contributed by atoms with Gasteiger partial charge in [0.1, 0.15) is 5.75 Å². The van der Waals surface area contributed by atoms with Gasteiger partial charge in [0.15, 0.2) is 0 Å². The van der Waals surface area contributed by atoms with E-state index in [9.17, 15) is 4.79 Å². The first-order chi connectivity index (χ1) is 10.8. The van der Waals surface area contributed by atoms with Gasteiger partial charge in [-0.05, 0) is 50.3 Å². The molecular formula is C19H25NO2. The fourth-order valence-corrected chi connectivity index (χ4v) is 2.61. The Morgan fingerprint density at radius 1 is 1.27 bits per heavy atom. The molecule has 2 rings (SSSR count). The summed E-state index contributed by atoms with van der Waals surface area (Å²) < 4.78 is 6.05. The standard InChI is InChI=1S/C19H25NO2/c1-2-3-5-13-19(21)20-15-16-9-8-12-18(14-16)22-17-10-6-4-7-11-17/h2-3,5,8-9,12-14,17H,4,6-7,10-11,15H2,1H3,(H,20,21). The summed E-state index contributed by atoms with van der Waals surface area (Å²) >= 11 is 0. The molecule has 22 heavy (non-hydrogen) atoms. The van der Waals surface area contributed by atoms with E-state index in [-0.39, 0.29) is 5.91 Å². The van der Waals surface area contributed by atoms with Crippen molar-refractivity contribution in [3.63, 3.8) is 0 Å². The molecule has 1 N–H and O–H groups in total. The average molecular weight is 299 g/mol. The lowest BCUT2D eigenvalue weighted by molar-refractivity contribution is -0.116. The number of nitrogens with one attached hydrogen (secondary N) is 1. The zero-order chi connectivity index (χ0) is 15.6. The van der Waals surface area contributed by atoms with E-state index in [2.05, 4.69) is 5.32 Å². The molecule has 0 bridgehead atoms. The lowest BCUT2D eigenvalue weighted by Crippen LogP contribution is -2.21. The molecule has 1 amide bonds. The van der Waals surface area contributed by atoms with Crippen molar-refractivity contribution < 1.29 is 9.53 Å². The molecule has 1 fully saturated rings. The van der Waals surface area contributed by atoms with Crippen LogP contribution in [0.5, 0.6) is 5.75 Å². The van der Waals surface area contributed by atoms with E-state index < -0.39 is 0 Å². The molecule has 0 atom stereocenters. The summed E-state index contributed by atoms with van der Waals surface area (Å²) in [7, 11) is 0. The first-order valence-corrected chi connectivity index (χ1v) is 8.10. The molecule has 1 aromatic rings. The van der Waals surface area contributed by atoms with Gasteiger partial charge in [0.25, 0.3) is 0 Å². The number of hydrogen-bond donors (Lipinski definition) is 1. The number of carbonyl (C=O) groups excluding carboxylic acids is 1. The minimum absolute atomic E-state index is 0.0864. The van der Waals surface area contributed by atoms with E-state index in [4.69, 9.17) is 4.74 Å². The van der Waals surface area contributed by atoms with Gasteiger partial charge in [-0.1, -0.05) is 36.8 Å². The Morgan fingerprint density at radius 3 is 2.86 bits per heavy atom. The second-order valence-electron chi connectivity index (χ2n) is 5.63. The predicted octanol–water partition coefficient (Wildman–Crippen LogP) is 4.15. The summed E-state index contributed by atoms with van der Waals surface area (Å²) in [5, 5.41) is 2.87. The lowest BCUT2D eigenvalue weighted by Gasteiger charge is -2.23. The molecule has 0 radical (unpaired) electrons. The van der Waals surface area contributed by atoms with Crippen LogP contribution in [0.25, 0.3) is 0 Å². The Bertz CT molecular complexity index is 528. The van der Waals surface area contributed by atoms with Crippen LogP contribution in [0.1, 0.15) is 44.6 Å². The van der Waals surface area contributed by atoms with E-state index in [0.29, 0.717) is 12.6 Å². The first kappa shape index (κ1) is 16.3. The summed E-state index contributed by atoms with van der Waals surface area (Å²) in [4.78, 5) is 11.6. The zero-order valence-corrected chi connectivity index (χ0v) is 13.3. The fraction of sp³-hybridized carbons (Fsp3) is 0.421. The van der Waals surface area contributed by atoms with Crippen LogP contribution in [-0.2, 0) is 11.3 Å². The lowest BCUT2D eigenvalue weighted by atomic mass is 9.98. The van der Waals surface area contributed by atoms with Gasteiger partial charge in [0.05, 0.1) is 6.10 Å². The summed E-state index contributed by atoms with van der Waals surface area (Å²) in [6, 6.07) is 8.00. The third-order valence-electron chi connectivity index (χ3n) is 3.77. The molecule has 1 aliphatic rings. The van der Waals surface area contributed by atoms with Crippen LogP contribution in [0.3, 0.4) is 0 Å². The minimum atomic E-state index is -0.0864. The van der Waals surface area contributed by atoms with Crippen molar-refractivity contribution in [2.45, 2.75) is 51.7 Å². The van der Waals surface area contributed by atoms with Crippen LogP contribution in [0.4, 0.5) is 0 Å². The van der Waals surface area contributed by atoms with E-state index in [1.807, 2.05) is 43.3 Å². The number of carbonyl (C=O) groups is 1. The van der Waals surface area contributed by atoms with Crippen LogP contribution in [0.15, 0.2) is 48.6 Å². The molecular weight excluding hydrogens is 274 g/mol. The van der Waals surface area contributed by atoms with E-state index >= 15 is 0 Å². The Labute approximate surface area is 133 Å². The largest absolute Gasteiger partial charge is 0.490 e. The highest BCUT2D eigenvalue weighted by Crippen LogP contribution is 2.23. The number of allylic oxidation sites excluding steroid dienone is 3. The van der Waals surface area contributed by atoms with Gasteiger partial charge >= 0.3 is 0 Å². The molecule has 0 aromatic heterocycles. The highest BCUT2D eigenvalue weighted by atomic mass is 16.5.